The minimum absolute atomic E-state index is 0.0297. The number of nitro groups is 1. The maximum absolute atomic E-state index is 12.4. The van der Waals surface area contributed by atoms with Crippen LogP contribution >= 0.6 is 11.6 Å². The number of benzene rings is 1. The Balaban J connectivity index is 1.50. The van der Waals surface area contributed by atoms with Crippen LogP contribution in [0, 0.1) is 10.1 Å². The van der Waals surface area contributed by atoms with Crippen LogP contribution in [-0.4, -0.2) is 54.5 Å². The quantitative estimate of drug-likeness (QED) is 0.471. The third-order valence-corrected chi connectivity index (χ3v) is 5.67. The zero-order chi connectivity index (χ0) is 19.2. The lowest BCUT2D eigenvalue weighted by Crippen LogP contribution is -2.50. The van der Waals surface area contributed by atoms with Gasteiger partial charge in [0, 0.05) is 43.3 Å². The number of nitrogens with zero attached hydrogens (tertiary/aromatic N) is 3. The number of rotatable bonds is 5. The molecule has 7 nitrogen and oxygen atoms in total. The molecule has 0 spiro atoms. The number of nitro benzene ring substituents is 1. The Morgan fingerprint density at radius 3 is 2.44 bits per heavy atom. The monoisotopic (exact) mass is 394 g/mol. The number of hydrogen-bond acceptors (Lipinski definition) is 5. The second-order valence-electron chi connectivity index (χ2n) is 7.41. The van der Waals surface area contributed by atoms with Crippen LogP contribution in [-0.2, 0) is 4.79 Å². The molecule has 1 saturated heterocycles. The summed E-state index contributed by atoms with van der Waals surface area (Å²) in [6.07, 6.45) is 7.10. The number of anilines is 1. The van der Waals surface area contributed by atoms with Gasteiger partial charge in [-0.05, 0) is 25.0 Å². The van der Waals surface area contributed by atoms with Crippen LogP contribution in [0.3, 0.4) is 0 Å². The van der Waals surface area contributed by atoms with Crippen molar-refractivity contribution in [1.29, 1.82) is 0 Å². The molecule has 1 saturated carbocycles. The molecule has 27 heavy (non-hydrogen) atoms. The van der Waals surface area contributed by atoms with Crippen LogP contribution in [0.25, 0.3) is 0 Å². The highest BCUT2D eigenvalue weighted by atomic mass is 35.5. The smallest absolute Gasteiger partial charge is 0.294 e. The summed E-state index contributed by atoms with van der Waals surface area (Å²) in [5.74, 6) is 0.0906. The first-order valence-electron chi connectivity index (χ1n) is 9.73. The molecule has 0 radical (unpaired) electrons. The predicted molar refractivity (Wildman–Crippen MR) is 106 cm³/mol. The standard InChI is InChI=1S/C19H27ClN4O3/c20-15-7-8-17(18(13-15)24(26)27)23-11-9-22(10-12-23)14-19(25)21-16-5-3-1-2-4-6-16/h7-8,13,16H,1-6,9-12,14H2,(H,21,25). The number of piperazine rings is 1. The molecule has 1 amide bonds. The van der Waals surface area contributed by atoms with Crippen molar-refractivity contribution < 1.29 is 9.72 Å². The fourth-order valence-corrected chi connectivity index (χ4v) is 4.12. The van der Waals surface area contributed by atoms with E-state index in [1.165, 1.54) is 31.7 Å². The van der Waals surface area contributed by atoms with Crippen molar-refractivity contribution in [1.82, 2.24) is 10.2 Å². The highest BCUT2D eigenvalue weighted by Gasteiger charge is 2.25. The molecule has 1 aromatic rings. The molecule has 1 aliphatic carbocycles. The fourth-order valence-electron chi connectivity index (χ4n) is 3.96. The Labute approximate surface area is 164 Å². The molecule has 1 heterocycles. The van der Waals surface area contributed by atoms with Gasteiger partial charge >= 0.3 is 0 Å². The van der Waals surface area contributed by atoms with E-state index in [0.29, 0.717) is 49.5 Å². The molecule has 1 aromatic carbocycles. The number of amides is 1. The van der Waals surface area contributed by atoms with E-state index in [-0.39, 0.29) is 11.6 Å². The average molecular weight is 395 g/mol. The molecule has 2 aliphatic rings. The van der Waals surface area contributed by atoms with Gasteiger partial charge in [0.15, 0.2) is 0 Å². The molecule has 1 N–H and O–H groups in total. The van der Waals surface area contributed by atoms with E-state index in [2.05, 4.69) is 10.2 Å². The van der Waals surface area contributed by atoms with E-state index in [0.717, 1.165) is 12.8 Å². The van der Waals surface area contributed by atoms with Crippen LogP contribution in [0.5, 0.6) is 0 Å². The zero-order valence-electron chi connectivity index (χ0n) is 15.5. The topological polar surface area (TPSA) is 78.7 Å². The number of carbonyl (C=O) groups excluding carboxylic acids is 1. The summed E-state index contributed by atoms with van der Waals surface area (Å²) in [6, 6.07) is 5.09. The third-order valence-electron chi connectivity index (χ3n) is 5.43. The second kappa shape index (κ2) is 9.37. The number of carbonyl (C=O) groups is 1. The first-order valence-corrected chi connectivity index (χ1v) is 10.1. The van der Waals surface area contributed by atoms with E-state index in [9.17, 15) is 14.9 Å². The van der Waals surface area contributed by atoms with E-state index in [4.69, 9.17) is 11.6 Å². The highest BCUT2D eigenvalue weighted by molar-refractivity contribution is 6.30. The van der Waals surface area contributed by atoms with Gasteiger partial charge in [-0.1, -0.05) is 37.3 Å². The van der Waals surface area contributed by atoms with Crippen molar-refractivity contribution in [2.75, 3.05) is 37.6 Å². The molecule has 0 aromatic heterocycles. The lowest BCUT2D eigenvalue weighted by Gasteiger charge is -2.35. The Morgan fingerprint density at radius 2 is 1.81 bits per heavy atom. The molecular weight excluding hydrogens is 368 g/mol. The number of halogens is 1. The van der Waals surface area contributed by atoms with Crippen molar-refractivity contribution in [2.24, 2.45) is 0 Å². The molecule has 2 fully saturated rings. The highest BCUT2D eigenvalue weighted by Crippen LogP contribution is 2.31. The van der Waals surface area contributed by atoms with Gasteiger partial charge in [-0.3, -0.25) is 19.8 Å². The van der Waals surface area contributed by atoms with Gasteiger partial charge in [-0.15, -0.1) is 0 Å². The molecule has 0 atom stereocenters. The number of hydrogen-bond donors (Lipinski definition) is 1. The Bertz CT molecular complexity index is 669. The summed E-state index contributed by atoms with van der Waals surface area (Å²) in [5, 5.41) is 14.8. The molecule has 1 aliphatic heterocycles. The normalized spacial score (nSPS) is 19.5. The largest absolute Gasteiger partial charge is 0.363 e. The van der Waals surface area contributed by atoms with E-state index >= 15 is 0 Å². The SMILES string of the molecule is O=C(CN1CCN(c2ccc(Cl)cc2[N+](=O)[O-])CC1)NC1CCCCCC1. The summed E-state index contributed by atoms with van der Waals surface area (Å²) in [5.41, 5.74) is 0.619. The summed E-state index contributed by atoms with van der Waals surface area (Å²) in [6.45, 7) is 3.11. The molecule has 148 valence electrons. The summed E-state index contributed by atoms with van der Waals surface area (Å²) in [7, 11) is 0. The Morgan fingerprint density at radius 1 is 1.15 bits per heavy atom. The van der Waals surface area contributed by atoms with Crippen LogP contribution in [0.4, 0.5) is 11.4 Å². The van der Waals surface area contributed by atoms with Crippen LogP contribution in [0.15, 0.2) is 18.2 Å². The first kappa shape index (κ1) is 19.9. The lowest BCUT2D eigenvalue weighted by atomic mass is 10.1. The summed E-state index contributed by atoms with van der Waals surface area (Å²) in [4.78, 5) is 27.4. The minimum atomic E-state index is -0.395. The van der Waals surface area contributed by atoms with Gasteiger partial charge in [-0.25, -0.2) is 0 Å². The van der Waals surface area contributed by atoms with Gasteiger partial charge in [0.25, 0.3) is 5.69 Å². The van der Waals surface area contributed by atoms with Crippen LogP contribution < -0.4 is 10.2 Å². The van der Waals surface area contributed by atoms with Gasteiger partial charge in [0.05, 0.1) is 11.5 Å². The van der Waals surface area contributed by atoms with Crippen LogP contribution in [0.1, 0.15) is 38.5 Å². The van der Waals surface area contributed by atoms with Crippen molar-refractivity contribution >= 4 is 28.9 Å². The van der Waals surface area contributed by atoms with E-state index < -0.39 is 4.92 Å². The Kier molecular flexibility index (Phi) is 6.90. The van der Waals surface area contributed by atoms with Gasteiger partial charge < -0.3 is 10.2 Å². The second-order valence-corrected chi connectivity index (χ2v) is 7.85. The van der Waals surface area contributed by atoms with E-state index in [1.54, 1.807) is 12.1 Å². The summed E-state index contributed by atoms with van der Waals surface area (Å²) < 4.78 is 0. The average Bonchev–Trinajstić information content (AvgIpc) is 2.91. The maximum Gasteiger partial charge on any atom is 0.294 e. The molecule has 0 unspecified atom stereocenters. The van der Waals surface area contributed by atoms with Crippen molar-refractivity contribution in [3.8, 4) is 0 Å². The van der Waals surface area contributed by atoms with Crippen molar-refractivity contribution in [3.05, 3.63) is 33.3 Å². The zero-order valence-corrected chi connectivity index (χ0v) is 16.3. The van der Waals surface area contributed by atoms with Gasteiger partial charge in [0.1, 0.15) is 5.69 Å². The Hall–Kier alpha value is -1.86. The van der Waals surface area contributed by atoms with E-state index in [1.807, 2.05) is 4.90 Å². The third kappa shape index (κ3) is 5.56. The first-order chi connectivity index (χ1) is 13.0. The van der Waals surface area contributed by atoms with Gasteiger partial charge in [-0.2, -0.15) is 0 Å². The predicted octanol–water partition coefficient (Wildman–Crippen LogP) is 3.21. The molecule has 3 rings (SSSR count). The van der Waals surface area contributed by atoms with Crippen molar-refractivity contribution in [2.45, 2.75) is 44.6 Å². The number of nitrogens with one attached hydrogen (secondary N) is 1. The molecule has 8 heteroatoms. The fraction of sp³-hybridized carbons (Fsp3) is 0.632. The summed E-state index contributed by atoms with van der Waals surface area (Å²) >= 11 is 5.89. The lowest BCUT2D eigenvalue weighted by molar-refractivity contribution is -0.384. The maximum atomic E-state index is 12.4. The molecule has 0 bridgehead atoms. The molecular formula is C19H27ClN4O3. The van der Waals surface area contributed by atoms with Crippen molar-refractivity contribution in [3.63, 3.8) is 0 Å². The van der Waals surface area contributed by atoms with Gasteiger partial charge in [0.2, 0.25) is 5.91 Å². The minimum Gasteiger partial charge on any atom is -0.363 e. The van der Waals surface area contributed by atoms with Crippen LogP contribution in [0.2, 0.25) is 5.02 Å².